The van der Waals surface area contributed by atoms with Crippen molar-refractivity contribution < 1.29 is 23.1 Å². The summed E-state index contributed by atoms with van der Waals surface area (Å²) in [4.78, 5) is 26.7. The molecule has 1 heterocycles. The van der Waals surface area contributed by atoms with Gasteiger partial charge >= 0.3 is 0 Å². The van der Waals surface area contributed by atoms with Crippen LogP contribution in [0.3, 0.4) is 0 Å². The van der Waals surface area contributed by atoms with E-state index in [2.05, 4.69) is 5.32 Å². The predicted molar refractivity (Wildman–Crippen MR) is 85.7 cm³/mol. The molecule has 2 aliphatic rings. The van der Waals surface area contributed by atoms with Crippen LogP contribution in [0.25, 0.3) is 0 Å². The summed E-state index contributed by atoms with van der Waals surface area (Å²) in [7, 11) is 1.57. The van der Waals surface area contributed by atoms with Gasteiger partial charge in [-0.3, -0.25) is 9.59 Å². The van der Waals surface area contributed by atoms with Gasteiger partial charge in [-0.1, -0.05) is 0 Å². The predicted octanol–water partition coefficient (Wildman–Crippen LogP) is 2.20. The molecule has 138 valence electrons. The number of halogens is 2. The zero-order valence-corrected chi connectivity index (χ0v) is 14.5. The second-order valence-electron chi connectivity index (χ2n) is 7.03. The summed E-state index contributed by atoms with van der Waals surface area (Å²) < 4.78 is 31.5. The van der Waals surface area contributed by atoms with Gasteiger partial charge in [0.1, 0.15) is 0 Å². The Labute approximate surface area is 142 Å². The first-order valence-electron chi connectivity index (χ1n) is 8.79. The van der Waals surface area contributed by atoms with Gasteiger partial charge in [0, 0.05) is 45.0 Å². The Morgan fingerprint density at radius 1 is 1.17 bits per heavy atom. The zero-order valence-electron chi connectivity index (χ0n) is 14.5. The third-order valence-electron chi connectivity index (χ3n) is 5.21. The maximum absolute atomic E-state index is 13.3. The van der Waals surface area contributed by atoms with Crippen molar-refractivity contribution in [3.63, 3.8) is 0 Å². The molecule has 0 radical (unpaired) electrons. The van der Waals surface area contributed by atoms with Crippen LogP contribution in [-0.2, 0) is 14.3 Å². The van der Waals surface area contributed by atoms with Crippen LogP contribution >= 0.6 is 0 Å². The maximum Gasteiger partial charge on any atom is 0.248 e. The topological polar surface area (TPSA) is 58.6 Å². The highest BCUT2D eigenvalue weighted by atomic mass is 19.3. The summed E-state index contributed by atoms with van der Waals surface area (Å²) >= 11 is 0. The summed E-state index contributed by atoms with van der Waals surface area (Å²) in [5.74, 6) is -3.32. The molecule has 0 bridgehead atoms. The third kappa shape index (κ3) is 4.88. The summed E-state index contributed by atoms with van der Waals surface area (Å²) in [6.45, 7) is 3.25. The minimum Gasteiger partial charge on any atom is -0.383 e. The monoisotopic (exact) mass is 346 g/mol. The molecule has 0 aromatic rings. The minimum atomic E-state index is -2.63. The van der Waals surface area contributed by atoms with Gasteiger partial charge in [0.15, 0.2) is 0 Å². The lowest BCUT2D eigenvalue weighted by molar-refractivity contribution is -0.145. The van der Waals surface area contributed by atoms with Gasteiger partial charge in [-0.25, -0.2) is 8.78 Å². The number of amides is 2. The van der Waals surface area contributed by atoms with E-state index in [4.69, 9.17) is 4.74 Å². The van der Waals surface area contributed by atoms with Crippen molar-refractivity contribution >= 4 is 11.8 Å². The number of nitrogens with one attached hydrogen (secondary N) is 1. The molecule has 5 nitrogen and oxygen atoms in total. The fourth-order valence-electron chi connectivity index (χ4n) is 3.57. The van der Waals surface area contributed by atoms with Crippen molar-refractivity contribution in [3.05, 3.63) is 0 Å². The number of carbonyl (C=O) groups is 2. The molecule has 7 heteroatoms. The molecule has 0 spiro atoms. The van der Waals surface area contributed by atoms with Crippen molar-refractivity contribution in [1.82, 2.24) is 10.2 Å². The first-order valence-corrected chi connectivity index (χ1v) is 8.79. The van der Waals surface area contributed by atoms with Crippen LogP contribution in [0, 0.1) is 11.8 Å². The number of likely N-dealkylation sites (tertiary alicyclic amines) is 1. The number of alkyl halides is 2. The van der Waals surface area contributed by atoms with E-state index in [1.807, 2.05) is 6.92 Å². The molecule has 1 saturated carbocycles. The second kappa shape index (κ2) is 8.23. The minimum absolute atomic E-state index is 0.0583. The normalized spacial score (nSPS) is 27.8. The number of carbonyl (C=O) groups excluding carboxylic acids is 2. The smallest absolute Gasteiger partial charge is 0.248 e. The van der Waals surface area contributed by atoms with Gasteiger partial charge in [0.2, 0.25) is 17.7 Å². The molecule has 1 aliphatic carbocycles. The molecule has 2 atom stereocenters. The van der Waals surface area contributed by atoms with Crippen LogP contribution in [0.4, 0.5) is 8.78 Å². The quantitative estimate of drug-likeness (QED) is 0.777. The Morgan fingerprint density at radius 3 is 2.46 bits per heavy atom. The number of rotatable bonds is 5. The highest BCUT2D eigenvalue weighted by Crippen LogP contribution is 2.37. The number of nitrogens with zero attached hydrogens (tertiary/aromatic N) is 1. The second-order valence-corrected chi connectivity index (χ2v) is 7.03. The molecule has 2 unspecified atom stereocenters. The van der Waals surface area contributed by atoms with E-state index in [1.54, 1.807) is 12.0 Å². The summed E-state index contributed by atoms with van der Waals surface area (Å²) in [5.41, 5.74) is 0. The number of piperidine rings is 1. The van der Waals surface area contributed by atoms with E-state index in [-0.39, 0.29) is 55.4 Å². The fraction of sp³-hybridized carbons (Fsp3) is 0.882. The Balaban J connectivity index is 1.90. The number of ether oxygens (including phenoxy) is 1. The SMILES string of the molecule is COCCNC(=O)C1CCC(C)N(C(=O)C2CCC(F)(F)CC2)C1. The lowest BCUT2D eigenvalue weighted by atomic mass is 9.84. The molecule has 2 fully saturated rings. The molecule has 2 rings (SSSR count). The van der Waals surface area contributed by atoms with Crippen molar-refractivity contribution in [1.29, 1.82) is 0 Å². The standard InChI is InChI=1S/C17H28F2N2O3/c1-12-3-4-14(15(22)20-9-10-24-2)11-21(12)16(23)13-5-7-17(18,19)8-6-13/h12-14H,3-11H2,1-2H3,(H,20,22). The fourth-order valence-corrected chi connectivity index (χ4v) is 3.57. The lowest BCUT2D eigenvalue weighted by Crippen LogP contribution is -2.52. The van der Waals surface area contributed by atoms with Crippen molar-refractivity contribution in [2.45, 2.75) is 57.4 Å². The summed E-state index contributed by atoms with van der Waals surface area (Å²) in [6, 6.07) is 0.0583. The number of hydrogen-bond donors (Lipinski definition) is 1. The third-order valence-corrected chi connectivity index (χ3v) is 5.21. The molecular formula is C17H28F2N2O3. The first kappa shape index (κ1) is 19.1. The van der Waals surface area contributed by atoms with Crippen LogP contribution in [-0.4, -0.2) is 55.5 Å². The van der Waals surface area contributed by atoms with Crippen LogP contribution < -0.4 is 5.32 Å². The highest BCUT2D eigenvalue weighted by Gasteiger charge is 2.41. The Kier molecular flexibility index (Phi) is 6.54. The Morgan fingerprint density at radius 2 is 1.83 bits per heavy atom. The largest absolute Gasteiger partial charge is 0.383 e. The van der Waals surface area contributed by atoms with Crippen LogP contribution in [0.5, 0.6) is 0 Å². The van der Waals surface area contributed by atoms with Crippen LogP contribution in [0.1, 0.15) is 45.4 Å². The molecule has 24 heavy (non-hydrogen) atoms. The molecular weight excluding hydrogens is 318 g/mol. The average Bonchev–Trinajstić information content (AvgIpc) is 2.55. The van der Waals surface area contributed by atoms with Gasteiger partial charge in [0.25, 0.3) is 0 Å². The van der Waals surface area contributed by atoms with Gasteiger partial charge in [0.05, 0.1) is 12.5 Å². The first-order chi connectivity index (χ1) is 11.3. The molecule has 1 aliphatic heterocycles. The van der Waals surface area contributed by atoms with E-state index >= 15 is 0 Å². The number of methoxy groups -OCH3 is 1. The molecule has 1 N–H and O–H groups in total. The van der Waals surface area contributed by atoms with E-state index in [9.17, 15) is 18.4 Å². The molecule has 0 aromatic carbocycles. The zero-order chi connectivity index (χ0) is 17.7. The van der Waals surface area contributed by atoms with Gasteiger partial charge in [-0.2, -0.15) is 0 Å². The number of hydrogen-bond acceptors (Lipinski definition) is 3. The summed E-state index contributed by atoms with van der Waals surface area (Å²) in [6.07, 6.45) is 1.54. The maximum atomic E-state index is 13.3. The van der Waals surface area contributed by atoms with E-state index in [1.165, 1.54) is 0 Å². The van der Waals surface area contributed by atoms with Crippen LogP contribution in [0.2, 0.25) is 0 Å². The average molecular weight is 346 g/mol. The van der Waals surface area contributed by atoms with Gasteiger partial charge < -0.3 is 15.0 Å². The molecule has 1 saturated heterocycles. The molecule has 0 aromatic heterocycles. The van der Waals surface area contributed by atoms with Gasteiger partial charge in [-0.15, -0.1) is 0 Å². The van der Waals surface area contributed by atoms with Crippen LogP contribution in [0.15, 0.2) is 0 Å². The van der Waals surface area contributed by atoms with Gasteiger partial charge in [-0.05, 0) is 32.6 Å². The van der Waals surface area contributed by atoms with E-state index in [0.717, 1.165) is 12.8 Å². The summed E-state index contributed by atoms with van der Waals surface area (Å²) in [5, 5.41) is 2.82. The van der Waals surface area contributed by atoms with Crippen molar-refractivity contribution in [2.24, 2.45) is 11.8 Å². The van der Waals surface area contributed by atoms with E-state index in [0.29, 0.717) is 19.7 Å². The Hall–Kier alpha value is -1.24. The Bertz CT molecular complexity index is 449. The van der Waals surface area contributed by atoms with Crippen molar-refractivity contribution in [3.8, 4) is 0 Å². The molecule has 2 amide bonds. The van der Waals surface area contributed by atoms with Crippen molar-refractivity contribution in [2.75, 3.05) is 26.8 Å². The lowest BCUT2D eigenvalue weighted by Gasteiger charge is -2.40. The highest BCUT2D eigenvalue weighted by molar-refractivity contribution is 5.82. The van der Waals surface area contributed by atoms with E-state index < -0.39 is 5.92 Å².